The van der Waals surface area contributed by atoms with Crippen LogP contribution in [0.5, 0.6) is 6.01 Å². The minimum Gasteiger partial charge on any atom is -0.464 e. The summed E-state index contributed by atoms with van der Waals surface area (Å²) in [6, 6.07) is 0.326. The fourth-order valence-electron chi connectivity index (χ4n) is 0.591. The van der Waals surface area contributed by atoms with Crippen molar-refractivity contribution in [1.29, 1.82) is 0 Å². The maximum absolute atomic E-state index is 10.7. The molecule has 56 valence electrons. The van der Waals surface area contributed by atoms with Crippen molar-refractivity contribution >= 4 is 0 Å². The van der Waals surface area contributed by atoms with Crippen LogP contribution >= 0.6 is 0 Å². The molecule has 5 heteroatoms. The smallest absolute Gasteiger partial charge is 0.345 e. The Hall–Kier alpha value is -1.26. The molecule has 1 aromatic rings. The summed E-state index contributed by atoms with van der Waals surface area (Å²) in [6.07, 6.45) is 0. The maximum Gasteiger partial charge on any atom is 0.345 e. The van der Waals surface area contributed by atoms with Gasteiger partial charge in [0.2, 0.25) is 0 Å². The third-order valence-corrected chi connectivity index (χ3v) is 1.11. The minimum atomic E-state index is -0.261. The zero-order valence-corrected chi connectivity index (χ0v) is 5.92. The first-order valence-corrected chi connectivity index (χ1v) is 3.00. The van der Waals surface area contributed by atoms with Crippen molar-refractivity contribution < 1.29 is 4.74 Å². The molecule has 1 heterocycles. The topological polar surface area (TPSA) is 59.9 Å². The number of aromatic nitrogens is 3. The predicted molar refractivity (Wildman–Crippen MR) is 35.0 cm³/mol. The summed E-state index contributed by atoms with van der Waals surface area (Å²) in [4.78, 5) is 10.7. The predicted octanol–water partition coefficient (Wildman–Crippen LogP) is -0.493. The molecule has 1 N–H and O–H groups in total. The van der Waals surface area contributed by atoms with Crippen LogP contribution in [-0.4, -0.2) is 21.4 Å². The molecule has 0 aliphatic heterocycles. The van der Waals surface area contributed by atoms with E-state index in [1.54, 1.807) is 7.05 Å². The standard InChI is InChI=1S/C5H9N3O2/c1-3-10-5-7-6-4(9)8(5)2/h3H2,1-2H3,(H,6,9). The highest BCUT2D eigenvalue weighted by Gasteiger charge is 2.01. The fraction of sp³-hybridized carbons (Fsp3) is 0.600. The van der Waals surface area contributed by atoms with Gasteiger partial charge in [-0.15, -0.1) is 5.10 Å². The molecule has 1 aromatic heterocycles. The summed E-state index contributed by atoms with van der Waals surface area (Å²) in [5, 5.41) is 5.86. The van der Waals surface area contributed by atoms with Crippen LogP contribution in [0.15, 0.2) is 4.79 Å². The highest BCUT2D eigenvalue weighted by Crippen LogP contribution is 1.96. The third-order valence-electron chi connectivity index (χ3n) is 1.11. The second-order valence-corrected chi connectivity index (χ2v) is 1.80. The average Bonchev–Trinajstić information content (AvgIpc) is 2.20. The molecule has 0 aromatic carbocycles. The largest absolute Gasteiger partial charge is 0.464 e. The molecular weight excluding hydrogens is 134 g/mol. The van der Waals surface area contributed by atoms with Gasteiger partial charge in [-0.3, -0.25) is 0 Å². The number of rotatable bonds is 2. The Kier molecular flexibility index (Phi) is 1.75. The highest BCUT2D eigenvalue weighted by molar-refractivity contribution is 4.90. The lowest BCUT2D eigenvalue weighted by atomic mass is 10.8. The van der Waals surface area contributed by atoms with Crippen LogP contribution in [0.2, 0.25) is 0 Å². The molecule has 5 nitrogen and oxygen atoms in total. The van der Waals surface area contributed by atoms with Gasteiger partial charge in [-0.2, -0.15) is 0 Å². The molecule has 0 fully saturated rings. The molecule has 10 heavy (non-hydrogen) atoms. The maximum atomic E-state index is 10.7. The minimum absolute atomic E-state index is 0.261. The second-order valence-electron chi connectivity index (χ2n) is 1.80. The third kappa shape index (κ3) is 1.02. The summed E-state index contributed by atoms with van der Waals surface area (Å²) in [7, 11) is 1.59. The Balaban J connectivity index is 2.94. The Morgan fingerprint density at radius 3 is 2.90 bits per heavy atom. The fourth-order valence-corrected chi connectivity index (χ4v) is 0.591. The van der Waals surface area contributed by atoms with Crippen LogP contribution in [0, 0.1) is 0 Å². The first kappa shape index (κ1) is 6.85. The number of hydrogen-bond acceptors (Lipinski definition) is 3. The number of aromatic amines is 1. The van der Waals surface area contributed by atoms with Gasteiger partial charge in [-0.1, -0.05) is 0 Å². The van der Waals surface area contributed by atoms with E-state index in [2.05, 4.69) is 10.2 Å². The first-order chi connectivity index (χ1) is 4.75. The molecule has 0 saturated heterocycles. The van der Waals surface area contributed by atoms with Gasteiger partial charge in [0.15, 0.2) is 0 Å². The lowest BCUT2D eigenvalue weighted by Crippen LogP contribution is -2.13. The highest BCUT2D eigenvalue weighted by atomic mass is 16.5. The molecule has 0 saturated carbocycles. The van der Waals surface area contributed by atoms with Gasteiger partial charge in [0.25, 0.3) is 0 Å². The monoisotopic (exact) mass is 143 g/mol. The van der Waals surface area contributed by atoms with E-state index in [9.17, 15) is 4.79 Å². The molecule has 0 radical (unpaired) electrons. The van der Waals surface area contributed by atoms with Gasteiger partial charge in [0.05, 0.1) is 6.61 Å². The van der Waals surface area contributed by atoms with E-state index in [1.165, 1.54) is 4.57 Å². The van der Waals surface area contributed by atoms with Crippen LogP contribution in [0.25, 0.3) is 0 Å². The molecule has 0 spiro atoms. The van der Waals surface area contributed by atoms with Crippen LogP contribution in [0.4, 0.5) is 0 Å². The molecular formula is C5H9N3O2. The van der Waals surface area contributed by atoms with E-state index < -0.39 is 0 Å². The first-order valence-electron chi connectivity index (χ1n) is 3.00. The normalized spacial score (nSPS) is 9.80. The summed E-state index contributed by atoms with van der Waals surface area (Å²) in [6.45, 7) is 2.34. The zero-order valence-electron chi connectivity index (χ0n) is 5.92. The van der Waals surface area contributed by atoms with Crippen molar-refractivity contribution in [2.24, 2.45) is 7.05 Å². The quantitative estimate of drug-likeness (QED) is 0.607. The lowest BCUT2D eigenvalue weighted by molar-refractivity contribution is 0.300. The number of H-pyrrole nitrogens is 1. The Labute approximate surface area is 57.6 Å². The molecule has 0 unspecified atom stereocenters. The van der Waals surface area contributed by atoms with Gasteiger partial charge in [-0.25, -0.2) is 14.5 Å². The molecule has 0 aliphatic rings. The summed E-state index contributed by atoms with van der Waals surface area (Å²) >= 11 is 0. The van der Waals surface area contributed by atoms with Gasteiger partial charge in [0.1, 0.15) is 0 Å². The SMILES string of the molecule is CCOc1n[nH]c(=O)n1C. The van der Waals surface area contributed by atoms with Crippen molar-refractivity contribution in [3.05, 3.63) is 10.5 Å². The number of nitrogens with zero attached hydrogens (tertiary/aromatic N) is 2. The molecule has 0 amide bonds. The second kappa shape index (κ2) is 2.55. The number of ether oxygens (including phenoxy) is 1. The van der Waals surface area contributed by atoms with Crippen molar-refractivity contribution in [1.82, 2.24) is 14.8 Å². The average molecular weight is 143 g/mol. The number of hydrogen-bond donors (Lipinski definition) is 1. The summed E-state index contributed by atoms with van der Waals surface area (Å²) < 4.78 is 6.29. The Bertz CT molecular complexity index is 262. The Morgan fingerprint density at radius 1 is 1.80 bits per heavy atom. The van der Waals surface area contributed by atoms with E-state index in [4.69, 9.17) is 4.74 Å². The van der Waals surface area contributed by atoms with Crippen molar-refractivity contribution in [2.45, 2.75) is 6.92 Å². The number of nitrogens with one attached hydrogen (secondary N) is 1. The molecule has 0 bridgehead atoms. The van der Waals surface area contributed by atoms with Crippen LogP contribution in [-0.2, 0) is 7.05 Å². The van der Waals surface area contributed by atoms with Crippen molar-refractivity contribution in [3.63, 3.8) is 0 Å². The van der Waals surface area contributed by atoms with Gasteiger partial charge >= 0.3 is 11.7 Å². The van der Waals surface area contributed by atoms with Gasteiger partial charge in [0, 0.05) is 7.05 Å². The van der Waals surface area contributed by atoms with Crippen LogP contribution in [0.3, 0.4) is 0 Å². The molecule has 0 atom stereocenters. The van der Waals surface area contributed by atoms with E-state index in [1.807, 2.05) is 6.92 Å². The zero-order chi connectivity index (χ0) is 7.56. The van der Waals surface area contributed by atoms with Crippen molar-refractivity contribution in [3.8, 4) is 6.01 Å². The van der Waals surface area contributed by atoms with Crippen molar-refractivity contribution in [2.75, 3.05) is 6.61 Å². The van der Waals surface area contributed by atoms with Crippen LogP contribution in [0.1, 0.15) is 6.92 Å². The van der Waals surface area contributed by atoms with Crippen LogP contribution < -0.4 is 10.4 Å². The molecule has 1 rings (SSSR count). The Morgan fingerprint density at radius 2 is 2.50 bits per heavy atom. The lowest BCUT2D eigenvalue weighted by Gasteiger charge is -1.97. The van der Waals surface area contributed by atoms with E-state index in [0.29, 0.717) is 12.6 Å². The van der Waals surface area contributed by atoms with E-state index in [0.717, 1.165) is 0 Å². The summed E-state index contributed by atoms with van der Waals surface area (Å²) in [5.74, 6) is 0. The molecule has 0 aliphatic carbocycles. The summed E-state index contributed by atoms with van der Waals surface area (Å²) in [5.41, 5.74) is -0.261. The van der Waals surface area contributed by atoms with E-state index in [-0.39, 0.29) is 5.69 Å². The van der Waals surface area contributed by atoms with E-state index >= 15 is 0 Å². The van der Waals surface area contributed by atoms with Gasteiger partial charge < -0.3 is 4.74 Å². The van der Waals surface area contributed by atoms with Gasteiger partial charge in [-0.05, 0) is 6.92 Å².